The molecule has 3 aromatic rings. The number of nitrogens with one attached hydrogen (secondary N) is 1. The van der Waals surface area contributed by atoms with Gasteiger partial charge in [-0.1, -0.05) is 23.8 Å². The molecule has 0 saturated heterocycles. The number of carbonyl (C=O) groups excluding carboxylic acids is 1. The summed E-state index contributed by atoms with van der Waals surface area (Å²) in [6, 6.07) is 12.0. The Bertz CT molecular complexity index is 962. The fraction of sp³-hybridized carbons (Fsp3) is 0.300. The van der Waals surface area contributed by atoms with E-state index in [0.717, 1.165) is 35.6 Å². The lowest BCUT2D eigenvalue weighted by atomic mass is 9.98. The maximum atomic E-state index is 12.7. The van der Waals surface area contributed by atoms with Crippen LogP contribution in [-0.2, 0) is 17.8 Å². The van der Waals surface area contributed by atoms with Gasteiger partial charge in [-0.3, -0.25) is 4.79 Å². The molecule has 0 saturated carbocycles. The van der Waals surface area contributed by atoms with Gasteiger partial charge in [-0.25, -0.2) is 4.98 Å². The molecule has 1 amide bonds. The van der Waals surface area contributed by atoms with Crippen LogP contribution in [0.5, 0.6) is 0 Å². The molecule has 1 aliphatic heterocycles. The molecule has 1 atom stereocenters. The fourth-order valence-corrected chi connectivity index (χ4v) is 3.37. The molecule has 2 aromatic heterocycles. The highest BCUT2D eigenvalue weighted by atomic mass is 16.2. The molecule has 4 rings (SSSR count). The molecular weight excluding hydrogens is 326 g/mol. The number of anilines is 1. The van der Waals surface area contributed by atoms with Crippen molar-refractivity contribution in [3.63, 3.8) is 0 Å². The molecule has 1 aromatic carbocycles. The van der Waals surface area contributed by atoms with Crippen molar-refractivity contribution in [3.8, 4) is 11.4 Å². The van der Waals surface area contributed by atoms with Gasteiger partial charge < -0.3 is 9.88 Å². The summed E-state index contributed by atoms with van der Waals surface area (Å²) >= 11 is 0. The zero-order valence-corrected chi connectivity index (χ0v) is 14.9. The number of rotatable bonds is 3. The van der Waals surface area contributed by atoms with Crippen LogP contribution in [0.1, 0.15) is 23.4 Å². The van der Waals surface area contributed by atoms with E-state index in [9.17, 15) is 4.79 Å². The summed E-state index contributed by atoms with van der Waals surface area (Å²) in [6.07, 6.45) is 3.22. The molecular formula is C20H21N5O. The first-order valence-electron chi connectivity index (χ1n) is 8.83. The van der Waals surface area contributed by atoms with E-state index in [1.54, 1.807) is 6.20 Å². The van der Waals surface area contributed by atoms with Crippen LogP contribution in [0.15, 0.2) is 42.6 Å². The Hall–Kier alpha value is -3.02. The van der Waals surface area contributed by atoms with Crippen LogP contribution in [0.2, 0.25) is 0 Å². The molecule has 0 bridgehead atoms. The van der Waals surface area contributed by atoms with Gasteiger partial charge in [0.25, 0.3) is 0 Å². The van der Waals surface area contributed by atoms with Gasteiger partial charge in [0.1, 0.15) is 11.6 Å². The minimum absolute atomic E-state index is 0.00218. The number of hydrogen-bond donors (Lipinski definition) is 1. The maximum absolute atomic E-state index is 12.7. The molecule has 1 N–H and O–H groups in total. The first-order valence-corrected chi connectivity index (χ1v) is 8.83. The fourth-order valence-electron chi connectivity index (χ4n) is 3.37. The van der Waals surface area contributed by atoms with Crippen LogP contribution >= 0.6 is 0 Å². The zero-order chi connectivity index (χ0) is 18.1. The number of nitrogens with zero attached hydrogens (tertiary/aromatic N) is 4. The third-order valence-corrected chi connectivity index (χ3v) is 4.76. The second-order valence-electron chi connectivity index (χ2n) is 6.86. The van der Waals surface area contributed by atoms with E-state index in [4.69, 9.17) is 0 Å². The van der Waals surface area contributed by atoms with Crippen molar-refractivity contribution < 1.29 is 4.79 Å². The Labute approximate surface area is 152 Å². The molecule has 26 heavy (non-hydrogen) atoms. The number of amides is 1. The highest BCUT2D eigenvalue weighted by molar-refractivity contribution is 5.91. The molecule has 0 fully saturated rings. The summed E-state index contributed by atoms with van der Waals surface area (Å²) in [4.78, 5) is 16.9. The van der Waals surface area contributed by atoms with E-state index in [1.807, 2.05) is 31.2 Å². The van der Waals surface area contributed by atoms with Crippen molar-refractivity contribution in [2.45, 2.75) is 33.2 Å². The average Bonchev–Trinajstić information content (AvgIpc) is 3.05. The van der Waals surface area contributed by atoms with Crippen LogP contribution in [0.25, 0.3) is 11.4 Å². The number of pyridine rings is 1. The minimum Gasteiger partial charge on any atom is -0.310 e. The van der Waals surface area contributed by atoms with Crippen molar-refractivity contribution in [1.82, 2.24) is 19.7 Å². The summed E-state index contributed by atoms with van der Waals surface area (Å²) in [5, 5.41) is 11.6. The van der Waals surface area contributed by atoms with Crippen molar-refractivity contribution >= 4 is 11.7 Å². The SMILES string of the molecule is Cc1cccc(-c2nnc3n2CC(C(=O)Nc2cc(C)ccn2)CC3)c1. The number of hydrogen-bond acceptors (Lipinski definition) is 4. The Balaban J connectivity index is 1.55. The monoisotopic (exact) mass is 347 g/mol. The summed E-state index contributed by atoms with van der Waals surface area (Å²) in [5.41, 5.74) is 3.28. The maximum Gasteiger partial charge on any atom is 0.230 e. The van der Waals surface area contributed by atoms with Crippen molar-refractivity contribution in [1.29, 1.82) is 0 Å². The van der Waals surface area contributed by atoms with E-state index in [-0.39, 0.29) is 11.8 Å². The lowest BCUT2D eigenvalue weighted by Crippen LogP contribution is -2.31. The van der Waals surface area contributed by atoms with Crippen molar-refractivity contribution in [3.05, 3.63) is 59.5 Å². The number of benzene rings is 1. The first-order chi connectivity index (χ1) is 12.6. The topological polar surface area (TPSA) is 72.7 Å². The molecule has 1 unspecified atom stereocenters. The van der Waals surface area contributed by atoms with Gasteiger partial charge in [-0.05, 0) is 44.0 Å². The van der Waals surface area contributed by atoms with Crippen LogP contribution in [0, 0.1) is 19.8 Å². The summed E-state index contributed by atoms with van der Waals surface area (Å²) in [7, 11) is 0. The van der Waals surface area contributed by atoms with Crippen LogP contribution < -0.4 is 5.32 Å². The number of fused-ring (bicyclic) bond motifs is 1. The predicted molar refractivity (Wildman–Crippen MR) is 99.6 cm³/mol. The van der Waals surface area contributed by atoms with Crippen molar-refractivity contribution in [2.75, 3.05) is 5.32 Å². The molecule has 0 spiro atoms. The van der Waals surface area contributed by atoms with E-state index >= 15 is 0 Å². The molecule has 6 heteroatoms. The lowest BCUT2D eigenvalue weighted by Gasteiger charge is -2.23. The highest BCUT2D eigenvalue weighted by Gasteiger charge is 2.28. The minimum atomic E-state index is -0.121. The third-order valence-electron chi connectivity index (χ3n) is 4.76. The van der Waals surface area contributed by atoms with E-state index < -0.39 is 0 Å². The number of aromatic nitrogens is 4. The Morgan fingerprint density at radius 2 is 2.00 bits per heavy atom. The third kappa shape index (κ3) is 3.22. The molecule has 3 heterocycles. The normalized spacial score (nSPS) is 16.2. The van der Waals surface area contributed by atoms with Gasteiger partial charge >= 0.3 is 0 Å². The Kier molecular flexibility index (Phi) is 4.24. The van der Waals surface area contributed by atoms with Crippen LogP contribution in [-0.4, -0.2) is 25.7 Å². The predicted octanol–water partition coefficient (Wildman–Crippen LogP) is 3.16. The van der Waals surface area contributed by atoms with E-state index in [2.05, 4.69) is 44.1 Å². The molecule has 0 aliphatic carbocycles. The lowest BCUT2D eigenvalue weighted by molar-refractivity contribution is -0.120. The largest absolute Gasteiger partial charge is 0.310 e. The van der Waals surface area contributed by atoms with Gasteiger partial charge in [0.15, 0.2) is 5.82 Å². The first kappa shape index (κ1) is 16.4. The number of aryl methyl sites for hydroxylation is 3. The quantitative estimate of drug-likeness (QED) is 0.790. The number of carbonyl (C=O) groups is 1. The van der Waals surface area contributed by atoms with E-state index in [1.165, 1.54) is 5.56 Å². The average molecular weight is 347 g/mol. The van der Waals surface area contributed by atoms with Crippen LogP contribution in [0.4, 0.5) is 5.82 Å². The molecule has 132 valence electrons. The van der Waals surface area contributed by atoms with Gasteiger partial charge in [0.05, 0.1) is 5.92 Å². The smallest absolute Gasteiger partial charge is 0.230 e. The Morgan fingerprint density at radius 3 is 2.81 bits per heavy atom. The van der Waals surface area contributed by atoms with Crippen LogP contribution in [0.3, 0.4) is 0 Å². The molecule has 6 nitrogen and oxygen atoms in total. The van der Waals surface area contributed by atoms with Gasteiger partial charge in [0, 0.05) is 24.7 Å². The van der Waals surface area contributed by atoms with Crippen molar-refractivity contribution in [2.24, 2.45) is 5.92 Å². The standard InChI is InChI=1S/C20H21N5O/c1-13-4-3-5-15(10-13)19-24-23-18-7-6-16(12-25(18)19)20(26)22-17-11-14(2)8-9-21-17/h3-5,8-11,16H,6-7,12H2,1-2H3,(H,21,22,26). The van der Waals surface area contributed by atoms with E-state index in [0.29, 0.717) is 12.4 Å². The molecule has 1 aliphatic rings. The van der Waals surface area contributed by atoms with Gasteiger partial charge in [0.2, 0.25) is 5.91 Å². The highest BCUT2D eigenvalue weighted by Crippen LogP contribution is 2.27. The summed E-state index contributed by atoms with van der Waals surface area (Å²) < 4.78 is 2.08. The zero-order valence-electron chi connectivity index (χ0n) is 14.9. The Morgan fingerprint density at radius 1 is 1.15 bits per heavy atom. The van der Waals surface area contributed by atoms with Gasteiger partial charge in [-0.15, -0.1) is 10.2 Å². The molecule has 0 radical (unpaired) electrons. The second kappa shape index (κ2) is 6.71. The van der Waals surface area contributed by atoms with Gasteiger partial charge in [-0.2, -0.15) is 0 Å². The summed E-state index contributed by atoms with van der Waals surface area (Å²) in [6.45, 7) is 4.63. The summed E-state index contributed by atoms with van der Waals surface area (Å²) in [5.74, 6) is 2.25. The second-order valence-corrected chi connectivity index (χ2v) is 6.86.